The van der Waals surface area contributed by atoms with Crippen molar-refractivity contribution in [3.63, 3.8) is 0 Å². The first kappa shape index (κ1) is 20.0. The number of hydrogen-bond acceptors (Lipinski definition) is 4. The third kappa shape index (κ3) is 4.39. The number of benzene rings is 1. The normalized spacial score (nSPS) is 11.6. The van der Waals surface area contributed by atoms with Gasteiger partial charge < -0.3 is 24.7 Å². The Morgan fingerprint density at radius 3 is 2.48 bits per heavy atom. The summed E-state index contributed by atoms with van der Waals surface area (Å²) in [6, 6.07) is 7.41. The molecule has 0 fully saturated rings. The number of aliphatic carboxylic acids is 1. The molecule has 29 heavy (non-hydrogen) atoms. The summed E-state index contributed by atoms with van der Waals surface area (Å²) >= 11 is 0. The number of rotatable bonds is 6. The zero-order valence-corrected chi connectivity index (χ0v) is 14.6. The third-order valence-electron chi connectivity index (χ3n) is 4.05. The number of carbonyl (C=O) groups is 2. The van der Waals surface area contributed by atoms with Crippen LogP contribution in [0, 0.1) is 0 Å². The minimum atomic E-state index is -4.90. The number of carboxylic acid groups (broad SMARTS) is 1. The Bertz CT molecular complexity index is 1160. The highest BCUT2D eigenvalue weighted by Gasteiger charge is 2.31. The predicted molar refractivity (Wildman–Crippen MR) is 95.0 cm³/mol. The van der Waals surface area contributed by atoms with Gasteiger partial charge >= 0.3 is 12.3 Å². The van der Waals surface area contributed by atoms with Crippen LogP contribution in [-0.2, 0) is 11.3 Å². The van der Waals surface area contributed by atoms with Crippen molar-refractivity contribution < 1.29 is 32.6 Å². The molecule has 1 amide bonds. The van der Waals surface area contributed by atoms with Crippen LogP contribution in [0.15, 0.2) is 47.4 Å². The van der Waals surface area contributed by atoms with Crippen LogP contribution in [0.5, 0.6) is 5.75 Å². The van der Waals surface area contributed by atoms with E-state index >= 15 is 0 Å². The van der Waals surface area contributed by atoms with E-state index in [2.05, 4.69) is 4.74 Å². The summed E-state index contributed by atoms with van der Waals surface area (Å²) in [6.45, 7) is -0.129. The first-order valence-corrected chi connectivity index (χ1v) is 8.19. The number of aromatic nitrogens is 2. The number of amides is 1. The zero-order chi connectivity index (χ0) is 21.3. The maximum Gasteiger partial charge on any atom is 0.573 e. The number of alkyl halides is 3. The Labute approximate surface area is 160 Å². The van der Waals surface area contributed by atoms with Gasteiger partial charge in [0.1, 0.15) is 11.4 Å². The summed E-state index contributed by atoms with van der Waals surface area (Å²) in [4.78, 5) is 34.6. The summed E-state index contributed by atoms with van der Waals surface area (Å²) in [5, 5.41) is 9.23. The van der Waals surface area contributed by atoms with Crippen LogP contribution in [-0.4, -0.2) is 32.5 Å². The molecule has 0 saturated heterocycles. The molecule has 1 aromatic carbocycles. The molecule has 11 heteroatoms. The lowest BCUT2D eigenvalue weighted by atomic mass is 10.2. The molecule has 0 unspecified atom stereocenters. The number of pyridine rings is 1. The van der Waals surface area contributed by atoms with Gasteiger partial charge in [-0.1, -0.05) is 0 Å². The van der Waals surface area contributed by atoms with Gasteiger partial charge in [0.25, 0.3) is 11.5 Å². The second kappa shape index (κ2) is 7.34. The van der Waals surface area contributed by atoms with E-state index in [4.69, 9.17) is 10.8 Å². The second-order valence-corrected chi connectivity index (χ2v) is 6.06. The molecule has 8 nitrogen and oxygen atoms in total. The maximum absolute atomic E-state index is 12.6. The average molecular weight is 409 g/mol. The number of halogens is 3. The number of nitrogens with zero attached hydrogens (tertiary/aromatic N) is 2. The number of ether oxygens (including phenoxy) is 1. The van der Waals surface area contributed by atoms with Crippen LogP contribution in [0.4, 0.5) is 13.2 Å². The monoisotopic (exact) mass is 409 g/mol. The van der Waals surface area contributed by atoms with Crippen molar-refractivity contribution in [3.8, 4) is 11.4 Å². The fourth-order valence-corrected chi connectivity index (χ4v) is 2.88. The smallest absolute Gasteiger partial charge is 0.481 e. The Morgan fingerprint density at radius 2 is 1.86 bits per heavy atom. The number of hydrogen-bond donors (Lipinski definition) is 2. The van der Waals surface area contributed by atoms with Crippen molar-refractivity contribution in [2.24, 2.45) is 5.73 Å². The van der Waals surface area contributed by atoms with Crippen LogP contribution in [0.25, 0.3) is 16.6 Å². The molecule has 0 atom stereocenters. The summed E-state index contributed by atoms with van der Waals surface area (Å²) in [6.07, 6.45) is -3.92. The number of primary amides is 1. The largest absolute Gasteiger partial charge is 0.573 e. The number of aryl methyl sites for hydroxylation is 1. The van der Waals surface area contributed by atoms with Crippen LogP contribution >= 0.6 is 0 Å². The quantitative estimate of drug-likeness (QED) is 0.648. The standard InChI is InChI=1S/C18H14F3N3O5/c19-18(20,21)29-12-3-1-10-7-14(17(22)28)24(13(10)8-12)11-2-4-15(25)23(9-11)6-5-16(26)27/h1-4,7-9H,5-6H2,(H2,22,28)(H,26,27). The fourth-order valence-electron chi connectivity index (χ4n) is 2.88. The van der Waals surface area contributed by atoms with Gasteiger partial charge in [0.15, 0.2) is 0 Å². The minimum absolute atomic E-state index is 0.0346. The van der Waals surface area contributed by atoms with Crippen molar-refractivity contribution in [2.45, 2.75) is 19.3 Å². The second-order valence-electron chi connectivity index (χ2n) is 6.06. The summed E-state index contributed by atoms with van der Waals surface area (Å²) < 4.78 is 44.0. The Hall–Kier alpha value is -3.76. The molecule has 2 aromatic heterocycles. The maximum atomic E-state index is 12.6. The summed E-state index contributed by atoms with van der Waals surface area (Å²) in [5.41, 5.74) is 5.31. The topological polar surface area (TPSA) is 117 Å². The van der Waals surface area contributed by atoms with E-state index in [-0.39, 0.29) is 29.9 Å². The van der Waals surface area contributed by atoms with Gasteiger partial charge in [0.05, 0.1) is 17.6 Å². The fraction of sp³-hybridized carbons (Fsp3) is 0.167. The van der Waals surface area contributed by atoms with Gasteiger partial charge in [-0.3, -0.25) is 14.4 Å². The highest BCUT2D eigenvalue weighted by Crippen LogP contribution is 2.30. The highest BCUT2D eigenvalue weighted by molar-refractivity contribution is 5.99. The molecule has 152 valence electrons. The molecule has 0 aliphatic heterocycles. The number of fused-ring (bicyclic) bond motifs is 1. The lowest BCUT2D eigenvalue weighted by molar-refractivity contribution is -0.274. The van der Waals surface area contributed by atoms with Crippen molar-refractivity contribution in [3.05, 3.63) is 58.6 Å². The third-order valence-corrected chi connectivity index (χ3v) is 4.05. The summed E-state index contributed by atoms with van der Waals surface area (Å²) in [7, 11) is 0. The SMILES string of the molecule is NC(=O)c1cc2ccc(OC(F)(F)F)cc2n1-c1ccc(=O)n(CCC(=O)O)c1. The van der Waals surface area contributed by atoms with Crippen LogP contribution < -0.4 is 16.0 Å². The molecule has 2 heterocycles. The van der Waals surface area contributed by atoms with Crippen LogP contribution in [0.3, 0.4) is 0 Å². The van der Waals surface area contributed by atoms with E-state index in [1.54, 1.807) is 0 Å². The Balaban J connectivity index is 2.18. The molecule has 3 rings (SSSR count). The highest BCUT2D eigenvalue weighted by atomic mass is 19.4. The molecule has 3 N–H and O–H groups in total. The van der Waals surface area contributed by atoms with E-state index < -0.39 is 29.5 Å². The van der Waals surface area contributed by atoms with Gasteiger partial charge in [-0.25, -0.2) is 0 Å². The minimum Gasteiger partial charge on any atom is -0.481 e. The van der Waals surface area contributed by atoms with Crippen LogP contribution in [0.2, 0.25) is 0 Å². The molecular formula is C18H14F3N3O5. The molecule has 0 aliphatic rings. The molecule has 0 aliphatic carbocycles. The zero-order valence-electron chi connectivity index (χ0n) is 14.6. The lowest BCUT2D eigenvalue weighted by Crippen LogP contribution is -2.22. The molecular weight excluding hydrogens is 395 g/mol. The van der Waals surface area contributed by atoms with Gasteiger partial charge in [-0.2, -0.15) is 0 Å². The van der Waals surface area contributed by atoms with E-state index in [9.17, 15) is 27.6 Å². The van der Waals surface area contributed by atoms with Gasteiger partial charge in [-0.05, 0) is 24.3 Å². The molecule has 0 saturated carbocycles. The van der Waals surface area contributed by atoms with Crippen LogP contribution in [0.1, 0.15) is 16.9 Å². The Morgan fingerprint density at radius 1 is 1.14 bits per heavy atom. The Kier molecular flexibility index (Phi) is 5.06. The van der Waals surface area contributed by atoms with Gasteiger partial charge in [-0.15, -0.1) is 13.2 Å². The lowest BCUT2D eigenvalue weighted by Gasteiger charge is -2.13. The van der Waals surface area contributed by atoms with Crippen molar-refractivity contribution in [1.82, 2.24) is 9.13 Å². The van der Waals surface area contributed by atoms with Crippen molar-refractivity contribution >= 4 is 22.8 Å². The molecule has 0 radical (unpaired) electrons. The average Bonchev–Trinajstić information content (AvgIpc) is 2.98. The molecule has 3 aromatic rings. The van der Waals surface area contributed by atoms with E-state index in [0.717, 1.165) is 22.8 Å². The van der Waals surface area contributed by atoms with E-state index in [1.165, 1.54) is 29.0 Å². The van der Waals surface area contributed by atoms with Crippen molar-refractivity contribution in [1.29, 1.82) is 0 Å². The first-order chi connectivity index (χ1) is 13.5. The number of carbonyl (C=O) groups excluding carboxylic acids is 1. The summed E-state index contributed by atoms with van der Waals surface area (Å²) in [5.74, 6) is -2.46. The van der Waals surface area contributed by atoms with Gasteiger partial charge in [0.2, 0.25) is 0 Å². The number of carboxylic acids is 1. The molecule has 0 bridgehead atoms. The van der Waals surface area contributed by atoms with Crippen molar-refractivity contribution in [2.75, 3.05) is 0 Å². The molecule has 0 spiro atoms. The number of nitrogens with two attached hydrogens (primary N) is 1. The van der Waals surface area contributed by atoms with E-state index in [1.807, 2.05) is 0 Å². The van der Waals surface area contributed by atoms with Gasteiger partial charge in [0, 0.05) is 30.3 Å². The first-order valence-electron chi connectivity index (χ1n) is 8.19. The predicted octanol–water partition coefficient (Wildman–Crippen LogP) is 2.26. The van der Waals surface area contributed by atoms with E-state index in [0.29, 0.717) is 5.39 Å².